The molecule has 0 N–H and O–H groups in total. The van der Waals surface area contributed by atoms with Crippen molar-refractivity contribution in [1.82, 2.24) is 0 Å². The van der Waals surface area contributed by atoms with E-state index in [0.29, 0.717) is 6.61 Å². The van der Waals surface area contributed by atoms with Gasteiger partial charge in [-0.2, -0.15) is 0 Å². The molecule has 0 aromatic rings. The van der Waals surface area contributed by atoms with Gasteiger partial charge in [-0.25, -0.2) is 0 Å². The van der Waals surface area contributed by atoms with Crippen LogP contribution in [0, 0.1) is 11.8 Å². The van der Waals surface area contributed by atoms with Crippen LogP contribution in [0.4, 0.5) is 0 Å². The molecule has 0 rings (SSSR count). The van der Waals surface area contributed by atoms with Crippen molar-refractivity contribution in [3.8, 4) is 0 Å². The Morgan fingerprint density at radius 2 is 1.90 bits per heavy atom. The maximum absolute atomic E-state index is 4.89. The first-order valence-corrected chi connectivity index (χ1v) is 4.00. The molecule has 2 heteroatoms. The Balaban J connectivity index is 3.13. The Kier molecular flexibility index (Phi) is 5.80. The molecule has 1 unspecified atom stereocenters. The zero-order valence-electron chi connectivity index (χ0n) is 7.26. The first-order valence-electron chi connectivity index (χ1n) is 4.00. The van der Waals surface area contributed by atoms with Crippen LogP contribution in [0.1, 0.15) is 33.6 Å². The highest BCUT2D eigenvalue weighted by Crippen LogP contribution is 2.15. The smallest absolute Gasteiger partial charge is 0.282 e. The topological polar surface area (TPSA) is 9.23 Å². The predicted molar refractivity (Wildman–Crippen MR) is 44.9 cm³/mol. The molecule has 0 fully saturated rings. The summed E-state index contributed by atoms with van der Waals surface area (Å²) in [5, 5.41) is 0. The van der Waals surface area contributed by atoms with Crippen molar-refractivity contribution in [3.05, 3.63) is 0 Å². The molecule has 0 amide bonds. The predicted octanol–water partition coefficient (Wildman–Crippen LogP) is 2.16. The van der Waals surface area contributed by atoms with Crippen LogP contribution in [0.3, 0.4) is 0 Å². The van der Waals surface area contributed by atoms with E-state index in [1.807, 2.05) is 0 Å². The number of rotatable bonds is 5. The third-order valence-corrected chi connectivity index (χ3v) is 2.06. The zero-order chi connectivity index (χ0) is 7.98. The summed E-state index contributed by atoms with van der Waals surface area (Å²) >= 11 is 0. The minimum atomic E-state index is 0.692. The fraction of sp³-hybridized carbons (Fsp3) is 1.00. The molecule has 0 bridgehead atoms. The van der Waals surface area contributed by atoms with E-state index in [-0.39, 0.29) is 0 Å². The summed E-state index contributed by atoms with van der Waals surface area (Å²) in [5.74, 6) is 1.56. The Hall–Kier alpha value is 0.0249. The SMILES string of the molecule is [B]OCCCC(C)C(C)C. The highest BCUT2D eigenvalue weighted by atomic mass is 16.4. The molecule has 0 aliphatic carbocycles. The fourth-order valence-electron chi connectivity index (χ4n) is 0.822. The van der Waals surface area contributed by atoms with Crippen LogP contribution in [0.5, 0.6) is 0 Å². The Morgan fingerprint density at radius 3 is 2.30 bits per heavy atom. The molecule has 0 saturated heterocycles. The van der Waals surface area contributed by atoms with Gasteiger partial charge in [0.1, 0.15) is 0 Å². The van der Waals surface area contributed by atoms with Gasteiger partial charge < -0.3 is 4.65 Å². The molecule has 1 atom stereocenters. The summed E-state index contributed by atoms with van der Waals surface area (Å²) < 4.78 is 4.47. The highest BCUT2D eigenvalue weighted by Gasteiger charge is 2.05. The van der Waals surface area contributed by atoms with Crippen LogP contribution in [-0.2, 0) is 4.65 Å². The van der Waals surface area contributed by atoms with E-state index in [2.05, 4.69) is 25.4 Å². The van der Waals surface area contributed by atoms with E-state index in [1.165, 1.54) is 6.42 Å². The van der Waals surface area contributed by atoms with Crippen molar-refractivity contribution in [3.63, 3.8) is 0 Å². The van der Waals surface area contributed by atoms with Crippen molar-refractivity contribution in [1.29, 1.82) is 0 Å². The van der Waals surface area contributed by atoms with Crippen molar-refractivity contribution in [2.45, 2.75) is 33.6 Å². The summed E-state index contributed by atoms with van der Waals surface area (Å²) in [7, 11) is 4.89. The molecule has 10 heavy (non-hydrogen) atoms. The van der Waals surface area contributed by atoms with Crippen LogP contribution in [0.25, 0.3) is 0 Å². The first kappa shape index (κ1) is 10.0. The van der Waals surface area contributed by atoms with E-state index in [0.717, 1.165) is 18.3 Å². The third-order valence-electron chi connectivity index (χ3n) is 2.06. The fourth-order valence-corrected chi connectivity index (χ4v) is 0.822. The van der Waals surface area contributed by atoms with Crippen molar-refractivity contribution >= 4 is 8.05 Å². The molecule has 0 aliphatic rings. The molecule has 0 aliphatic heterocycles. The molecular formula is C8H17BO. The van der Waals surface area contributed by atoms with Crippen LogP contribution >= 0.6 is 0 Å². The quantitative estimate of drug-likeness (QED) is 0.420. The monoisotopic (exact) mass is 140 g/mol. The van der Waals surface area contributed by atoms with Crippen molar-refractivity contribution in [2.24, 2.45) is 11.8 Å². The molecule has 0 heterocycles. The van der Waals surface area contributed by atoms with E-state index in [1.54, 1.807) is 0 Å². The lowest BCUT2D eigenvalue weighted by Gasteiger charge is -2.14. The maximum atomic E-state index is 4.89. The van der Waals surface area contributed by atoms with Crippen LogP contribution in [0.15, 0.2) is 0 Å². The Morgan fingerprint density at radius 1 is 1.30 bits per heavy atom. The Labute approximate surface area is 65.6 Å². The highest BCUT2D eigenvalue weighted by molar-refractivity contribution is 5.97. The molecule has 2 radical (unpaired) electrons. The molecule has 0 aromatic carbocycles. The second-order valence-corrected chi connectivity index (χ2v) is 3.23. The summed E-state index contributed by atoms with van der Waals surface area (Å²) in [6.45, 7) is 7.44. The molecule has 1 nitrogen and oxygen atoms in total. The van der Waals surface area contributed by atoms with E-state index in [4.69, 9.17) is 8.05 Å². The van der Waals surface area contributed by atoms with Gasteiger partial charge in [-0.1, -0.05) is 20.8 Å². The van der Waals surface area contributed by atoms with Gasteiger partial charge in [0.05, 0.1) is 0 Å². The molecule has 58 valence electrons. The first-order chi connectivity index (χ1) is 4.68. The minimum Gasteiger partial charge on any atom is -0.448 e. The lowest BCUT2D eigenvalue weighted by molar-refractivity contribution is 0.299. The summed E-state index contributed by atoms with van der Waals surface area (Å²) in [6, 6.07) is 0. The second kappa shape index (κ2) is 5.78. The largest absolute Gasteiger partial charge is 0.448 e. The molecule has 0 spiro atoms. The average Bonchev–Trinajstić information content (AvgIpc) is 1.88. The van der Waals surface area contributed by atoms with Crippen LogP contribution in [-0.4, -0.2) is 14.7 Å². The van der Waals surface area contributed by atoms with Crippen LogP contribution < -0.4 is 0 Å². The van der Waals surface area contributed by atoms with Gasteiger partial charge in [-0.05, 0) is 24.7 Å². The van der Waals surface area contributed by atoms with E-state index < -0.39 is 0 Å². The van der Waals surface area contributed by atoms with Gasteiger partial charge in [0.15, 0.2) is 0 Å². The lowest BCUT2D eigenvalue weighted by atomic mass is 9.93. The standard InChI is InChI=1S/C8H17BO/c1-7(2)8(3)5-4-6-10-9/h7-8H,4-6H2,1-3H3. The number of hydrogen-bond acceptors (Lipinski definition) is 1. The minimum absolute atomic E-state index is 0.692. The van der Waals surface area contributed by atoms with Gasteiger partial charge in [-0.3, -0.25) is 0 Å². The van der Waals surface area contributed by atoms with Crippen LogP contribution in [0.2, 0.25) is 0 Å². The normalized spacial score (nSPS) is 14.0. The van der Waals surface area contributed by atoms with Gasteiger partial charge >= 0.3 is 0 Å². The summed E-state index contributed by atoms with van der Waals surface area (Å²) in [4.78, 5) is 0. The van der Waals surface area contributed by atoms with Gasteiger partial charge in [0.2, 0.25) is 0 Å². The average molecular weight is 140 g/mol. The van der Waals surface area contributed by atoms with Crippen molar-refractivity contribution in [2.75, 3.05) is 6.61 Å². The van der Waals surface area contributed by atoms with Crippen molar-refractivity contribution < 1.29 is 4.65 Å². The number of hydrogen-bond donors (Lipinski definition) is 0. The van der Waals surface area contributed by atoms with Gasteiger partial charge in [-0.15, -0.1) is 0 Å². The van der Waals surface area contributed by atoms with E-state index >= 15 is 0 Å². The zero-order valence-corrected chi connectivity index (χ0v) is 7.26. The molecule has 0 aromatic heterocycles. The van der Waals surface area contributed by atoms with Gasteiger partial charge in [0.25, 0.3) is 8.05 Å². The summed E-state index contributed by atoms with van der Waals surface area (Å²) in [6.07, 6.45) is 2.30. The third kappa shape index (κ3) is 4.86. The van der Waals surface area contributed by atoms with E-state index in [9.17, 15) is 0 Å². The second-order valence-electron chi connectivity index (χ2n) is 3.23. The Bertz CT molecular complexity index is 73.7. The molecule has 0 saturated carbocycles. The van der Waals surface area contributed by atoms with Gasteiger partial charge in [0, 0.05) is 6.61 Å². The summed E-state index contributed by atoms with van der Waals surface area (Å²) in [5.41, 5.74) is 0. The lowest BCUT2D eigenvalue weighted by Crippen LogP contribution is -2.04. The molecular weight excluding hydrogens is 123 g/mol. The maximum Gasteiger partial charge on any atom is 0.282 e.